The maximum Gasteiger partial charge on any atom is 0.221 e. The monoisotopic (exact) mass is 193 g/mol. The summed E-state index contributed by atoms with van der Waals surface area (Å²) in [6, 6.07) is 0. The van der Waals surface area contributed by atoms with Crippen LogP contribution in [0.1, 0.15) is 25.7 Å². The molecule has 0 atom stereocenters. The maximum absolute atomic E-state index is 11.2. The van der Waals surface area contributed by atoms with Crippen molar-refractivity contribution in [3.8, 4) is 0 Å². The van der Waals surface area contributed by atoms with Crippen molar-refractivity contribution in [3.63, 3.8) is 0 Å². The van der Waals surface area contributed by atoms with E-state index in [0.717, 1.165) is 31.8 Å². The highest BCUT2D eigenvalue weighted by molar-refractivity contribution is 6.61. The number of hydrogen-bond donors (Lipinski definition) is 1. The summed E-state index contributed by atoms with van der Waals surface area (Å²) in [7, 11) is 0. The lowest BCUT2D eigenvalue weighted by Gasteiger charge is -2.21. The third kappa shape index (κ3) is 2.26. The third-order valence-corrected chi connectivity index (χ3v) is 2.89. The molecule has 0 radical (unpaired) electrons. The summed E-state index contributed by atoms with van der Waals surface area (Å²) in [6.07, 6.45) is 5.63. The Labute approximate surface area is 83.5 Å². The van der Waals surface area contributed by atoms with Crippen LogP contribution in [0.3, 0.4) is 0 Å². The molecule has 2 heterocycles. The largest absolute Gasteiger partial charge is 0.317 e. The second-order valence-corrected chi connectivity index (χ2v) is 3.89. The second-order valence-electron chi connectivity index (χ2n) is 3.89. The molecule has 0 spiro atoms. The Hall–Kier alpha value is -1.03. The Morgan fingerprint density at radius 3 is 2.86 bits per heavy atom. The molecule has 0 saturated carbocycles. The normalized spacial score (nSPS) is 22.9. The van der Waals surface area contributed by atoms with Gasteiger partial charge in [-0.3, -0.25) is 4.79 Å². The number of hydrogen-bond acceptors (Lipinski definition) is 4. The minimum atomic E-state index is -0.000987. The smallest absolute Gasteiger partial charge is 0.221 e. The van der Waals surface area contributed by atoms with Crippen molar-refractivity contribution < 1.29 is 4.79 Å². The Morgan fingerprint density at radius 2 is 2.21 bits per heavy atom. The fourth-order valence-corrected chi connectivity index (χ4v) is 1.96. The zero-order valence-corrected chi connectivity index (χ0v) is 8.20. The van der Waals surface area contributed by atoms with E-state index >= 15 is 0 Å². The van der Waals surface area contributed by atoms with Gasteiger partial charge in [-0.1, -0.05) is 0 Å². The SMILES string of the molecule is O=C1C=NN=C1CCC1CCNCC1. The molecule has 2 aliphatic rings. The summed E-state index contributed by atoms with van der Waals surface area (Å²) in [5, 5.41) is 10.8. The van der Waals surface area contributed by atoms with Crippen molar-refractivity contribution in [3.05, 3.63) is 0 Å². The van der Waals surface area contributed by atoms with Crippen LogP contribution in [0.15, 0.2) is 10.2 Å². The number of rotatable bonds is 3. The molecule has 1 fully saturated rings. The Bertz CT molecular complexity index is 277. The fourth-order valence-electron chi connectivity index (χ4n) is 1.96. The summed E-state index contributed by atoms with van der Waals surface area (Å²) < 4.78 is 0. The molecule has 4 heteroatoms. The maximum atomic E-state index is 11.2. The first-order chi connectivity index (χ1) is 6.86. The van der Waals surface area contributed by atoms with Gasteiger partial charge in [0, 0.05) is 0 Å². The molecule has 1 saturated heterocycles. The summed E-state index contributed by atoms with van der Waals surface area (Å²) in [6.45, 7) is 2.23. The topological polar surface area (TPSA) is 53.8 Å². The average molecular weight is 193 g/mol. The molecule has 2 aliphatic heterocycles. The molecule has 2 rings (SSSR count). The van der Waals surface area contributed by atoms with Crippen LogP contribution in [0.4, 0.5) is 0 Å². The molecule has 0 aromatic heterocycles. The Kier molecular flexibility index (Phi) is 3.03. The molecule has 0 aromatic carbocycles. The minimum Gasteiger partial charge on any atom is -0.317 e. The van der Waals surface area contributed by atoms with Gasteiger partial charge in [-0.15, -0.1) is 0 Å². The van der Waals surface area contributed by atoms with Crippen LogP contribution in [0.2, 0.25) is 0 Å². The predicted octanol–water partition coefficient (Wildman–Crippen LogP) is 0.776. The lowest BCUT2D eigenvalue weighted by molar-refractivity contribution is -0.107. The molecule has 14 heavy (non-hydrogen) atoms. The third-order valence-electron chi connectivity index (χ3n) is 2.89. The molecule has 1 N–H and O–H groups in total. The molecule has 0 amide bonds. The van der Waals surface area contributed by atoms with Gasteiger partial charge in [-0.05, 0) is 44.7 Å². The van der Waals surface area contributed by atoms with Gasteiger partial charge in [-0.2, -0.15) is 10.2 Å². The highest BCUT2D eigenvalue weighted by Crippen LogP contribution is 2.18. The number of carbonyl (C=O) groups excluding carboxylic acids is 1. The highest BCUT2D eigenvalue weighted by atomic mass is 16.1. The van der Waals surface area contributed by atoms with Gasteiger partial charge in [0.1, 0.15) is 5.71 Å². The van der Waals surface area contributed by atoms with E-state index in [9.17, 15) is 4.79 Å². The van der Waals surface area contributed by atoms with E-state index in [0.29, 0.717) is 5.71 Å². The first-order valence-corrected chi connectivity index (χ1v) is 5.21. The molecule has 0 unspecified atom stereocenters. The van der Waals surface area contributed by atoms with E-state index < -0.39 is 0 Å². The summed E-state index contributed by atoms with van der Waals surface area (Å²) in [5.41, 5.74) is 0.642. The number of carbonyl (C=O) groups is 1. The fraction of sp³-hybridized carbons (Fsp3) is 0.700. The lowest BCUT2D eigenvalue weighted by atomic mass is 9.92. The second kappa shape index (κ2) is 4.46. The van der Waals surface area contributed by atoms with Gasteiger partial charge < -0.3 is 5.32 Å². The number of piperidine rings is 1. The average Bonchev–Trinajstić information content (AvgIpc) is 2.63. The van der Waals surface area contributed by atoms with Crippen LogP contribution in [0, 0.1) is 5.92 Å². The van der Waals surface area contributed by atoms with E-state index in [1.807, 2.05) is 0 Å². The summed E-state index contributed by atoms with van der Waals surface area (Å²) >= 11 is 0. The van der Waals surface area contributed by atoms with Crippen LogP contribution in [-0.4, -0.2) is 30.8 Å². The van der Waals surface area contributed by atoms with E-state index in [1.54, 1.807) is 0 Å². The number of ketones is 1. The van der Waals surface area contributed by atoms with Gasteiger partial charge >= 0.3 is 0 Å². The summed E-state index contributed by atoms with van der Waals surface area (Å²) in [5.74, 6) is 0.756. The molecule has 4 nitrogen and oxygen atoms in total. The molecule has 76 valence electrons. The highest BCUT2D eigenvalue weighted by Gasteiger charge is 2.18. The Morgan fingerprint density at radius 1 is 1.43 bits per heavy atom. The zero-order chi connectivity index (χ0) is 9.80. The van der Waals surface area contributed by atoms with Crippen LogP contribution in [0.5, 0.6) is 0 Å². The van der Waals surface area contributed by atoms with Crippen LogP contribution in [-0.2, 0) is 4.79 Å². The van der Waals surface area contributed by atoms with Crippen molar-refractivity contribution in [2.45, 2.75) is 25.7 Å². The summed E-state index contributed by atoms with van der Waals surface area (Å²) in [4.78, 5) is 11.2. The van der Waals surface area contributed by atoms with Crippen molar-refractivity contribution in [1.82, 2.24) is 5.32 Å². The van der Waals surface area contributed by atoms with E-state index in [-0.39, 0.29) is 5.78 Å². The van der Waals surface area contributed by atoms with Gasteiger partial charge in [0.25, 0.3) is 0 Å². The first-order valence-electron chi connectivity index (χ1n) is 5.21. The van der Waals surface area contributed by atoms with Crippen molar-refractivity contribution in [1.29, 1.82) is 0 Å². The minimum absolute atomic E-state index is 0.000987. The van der Waals surface area contributed by atoms with Crippen molar-refractivity contribution in [2.75, 3.05) is 13.1 Å². The molecule has 0 bridgehead atoms. The zero-order valence-electron chi connectivity index (χ0n) is 8.20. The molecule has 0 aromatic rings. The molecule has 0 aliphatic carbocycles. The standard InChI is InChI=1S/C10H15N3O/c14-10-7-12-13-9(10)2-1-8-3-5-11-6-4-8/h7-8,11H,1-6H2. The number of nitrogens with zero attached hydrogens (tertiary/aromatic N) is 2. The molecular formula is C10H15N3O. The predicted molar refractivity (Wildman–Crippen MR) is 55.8 cm³/mol. The van der Waals surface area contributed by atoms with Gasteiger partial charge in [0.15, 0.2) is 0 Å². The van der Waals surface area contributed by atoms with Crippen LogP contribution in [0.25, 0.3) is 0 Å². The van der Waals surface area contributed by atoms with E-state index in [4.69, 9.17) is 0 Å². The molecular weight excluding hydrogens is 178 g/mol. The van der Waals surface area contributed by atoms with Crippen molar-refractivity contribution in [2.24, 2.45) is 16.1 Å². The van der Waals surface area contributed by atoms with E-state index in [2.05, 4.69) is 15.5 Å². The van der Waals surface area contributed by atoms with Gasteiger partial charge in [-0.25, -0.2) is 0 Å². The van der Waals surface area contributed by atoms with Gasteiger partial charge in [0.2, 0.25) is 5.78 Å². The van der Waals surface area contributed by atoms with E-state index in [1.165, 1.54) is 19.1 Å². The van der Waals surface area contributed by atoms with Crippen LogP contribution < -0.4 is 5.32 Å². The first kappa shape index (κ1) is 9.52. The Balaban J connectivity index is 1.74. The lowest BCUT2D eigenvalue weighted by Crippen LogP contribution is -2.28. The van der Waals surface area contributed by atoms with Crippen LogP contribution >= 0.6 is 0 Å². The number of Topliss-reactive ketones (excluding diaryl/α,β-unsaturated/α-hetero) is 1. The quantitative estimate of drug-likeness (QED) is 0.720. The van der Waals surface area contributed by atoms with Gasteiger partial charge in [0.05, 0.1) is 6.21 Å². The number of nitrogens with one attached hydrogen (secondary N) is 1. The van der Waals surface area contributed by atoms with Crippen molar-refractivity contribution >= 4 is 17.7 Å².